The summed E-state index contributed by atoms with van der Waals surface area (Å²) in [6.45, 7) is 7.05. The maximum atomic E-state index is 12.9. The van der Waals surface area contributed by atoms with Gasteiger partial charge in [-0.3, -0.25) is 4.79 Å². The highest BCUT2D eigenvalue weighted by molar-refractivity contribution is 7.17. The van der Waals surface area contributed by atoms with Crippen molar-refractivity contribution in [2.24, 2.45) is 0 Å². The van der Waals surface area contributed by atoms with Crippen molar-refractivity contribution in [1.29, 1.82) is 0 Å². The molecule has 1 aliphatic rings. The minimum absolute atomic E-state index is 0.0320. The highest BCUT2D eigenvalue weighted by atomic mass is 32.1. The molecule has 2 heterocycles. The number of hydrogen-bond acceptors (Lipinski definition) is 3. The zero-order chi connectivity index (χ0) is 18.5. The number of ether oxygens (including phenoxy) is 1. The van der Waals surface area contributed by atoms with Gasteiger partial charge in [0.2, 0.25) is 0 Å². The number of allylic oxidation sites excluding steroid dienone is 1. The van der Waals surface area contributed by atoms with E-state index in [9.17, 15) is 4.79 Å². The maximum absolute atomic E-state index is 12.9. The molecule has 0 bridgehead atoms. The summed E-state index contributed by atoms with van der Waals surface area (Å²) in [5.74, 6) is -0.0320. The minimum atomic E-state index is -0.162. The first-order valence-corrected chi connectivity index (χ1v) is 10.2. The van der Waals surface area contributed by atoms with Gasteiger partial charge < -0.3 is 10.1 Å². The number of benzene rings is 1. The van der Waals surface area contributed by atoms with Gasteiger partial charge in [0.15, 0.2) is 0 Å². The summed E-state index contributed by atoms with van der Waals surface area (Å²) in [6, 6.07) is 10.6. The monoisotopic (exact) mass is 369 g/mol. The molecule has 1 aromatic carbocycles. The van der Waals surface area contributed by atoms with Crippen molar-refractivity contribution in [3.05, 3.63) is 51.9 Å². The third kappa shape index (κ3) is 4.63. The lowest BCUT2D eigenvalue weighted by molar-refractivity contribution is -0.00255. The van der Waals surface area contributed by atoms with E-state index in [1.165, 1.54) is 11.1 Å². The van der Waals surface area contributed by atoms with Crippen molar-refractivity contribution in [3.8, 4) is 10.4 Å². The Labute approximate surface area is 160 Å². The van der Waals surface area contributed by atoms with Crippen LogP contribution in [0.3, 0.4) is 0 Å². The van der Waals surface area contributed by atoms with Crippen LogP contribution in [0.4, 0.5) is 0 Å². The van der Waals surface area contributed by atoms with Gasteiger partial charge in [-0.1, -0.05) is 48.4 Å². The van der Waals surface area contributed by atoms with Crippen molar-refractivity contribution in [3.63, 3.8) is 0 Å². The molecule has 1 N–H and O–H groups in total. The Bertz CT molecular complexity index is 783. The summed E-state index contributed by atoms with van der Waals surface area (Å²) >= 11 is 1.56. The van der Waals surface area contributed by atoms with E-state index in [4.69, 9.17) is 4.74 Å². The number of carbonyl (C=O) groups is 1. The Morgan fingerprint density at radius 1 is 1.31 bits per heavy atom. The first-order valence-electron chi connectivity index (χ1n) is 9.37. The molecule has 26 heavy (non-hydrogen) atoms. The summed E-state index contributed by atoms with van der Waals surface area (Å²) in [5, 5.41) is 3.06. The predicted octanol–water partition coefficient (Wildman–Crippen LogP) is 5.79. The van der Waals surface area contributed by atoms with Gasteiger partial charge in [-0.25, -0.2) is 0 Å². The average molecular weight is 370 g/mol. The second kappa shape index (κ2) is 8.65. The number of nitrogens with one attached hydrogen (secondary N) is 1. The number of hydrogen-bond donors (Lipinski definition) is 1. The van der Waals surface area contributed by atoms with Gasteiger partial charge in [-0.2, -0.15) is 0 Å². The van der Waals surface area contributed by atoms with Crippen LogP contribution in [0.25, 0.3) is 16.5 Å². The number of carbonyl (C=O) groups excluding carboxylic acids is 1. The quantitative estimate of drug-likeness (QED) is 0.724. The van der Waals surface area contributed by atoms with Crippen LogP contribution >= 0.6 is 11.3 Å². The van der Waals surface area contributed by atoms with Gasteiger partial charge in [-0.05, 0) is 56.7 Å². The van der Waals surface area contributed by atoms with Gasteiger partial charge in [0.05, 0.1) is 4.88 Å². The van der Waals surface area contributed by atoms with Crippen molar-refractivity contribution in [1.82, 2.24) is 5.32 Å². The maximum Gasteiger partial charge on any atom is 0.263 e. The van der Waals surface area contributed by atoms with Crippen LogP contribution in [-0.4, -0.2) is 18.7 Å². The second-order valence-corrected chi connectivity index (χ2v) is 7.99. The fourth-order valence-electron chi connectivity index (χ4n) is 2.98. The third-order valence-corrected chi connectivity index (χ3v) is 5.93. The highest BCUT2D eigenvalue weighted by Gasteiger charge is 2.21. The van der Waals surface area contributed by atoms with E-state index >= 15 is 0 Å². The van der Waals surface area contributed by atoms with Gasteiger partial charge in [0.25, 0.3) is 5.91 Å². The Balaban J connectivity index is 1.90. The molecule has 0 radical (unpaired) electrons. The summed E-state index contributed by atoms with van der Waals surface area (Å²) in [6.07, 6.45) is 6.01. The largest absolute Gasteiger partial charge is 0.359 e. The molecule has 138 valence electrons. The van der Waals surface area contributed by atoms with Gasteiger partial charge in [-0.15, -0.1) is 11.3 Å². The van der Waals surface area contributed by atoms with Crippen molar-refractivity contribution < 1.29 is 9.53 Å². The Morgan fingerprint density at radius 2 is 2.08 bits per heavy atom. The molecule has 2 aromatic rings. The van der Waals surface area contributed by atoms with E-state index in [2.05, 4.69) is 62.5 Å². The van der Waals surface area contributed by atoms with Crippen molar-refractivity contribution >= 4 is 23.3 Å². The Hall–Kier alpha value is -1.91. The number of amides is 1. The minimum Gasteiger partial charge on any atom is -0.359 e. The Morgan fingerprint density at radius 3 is 2.73 bits per heavy atom. The van der Waals surface area contributed by atoms with Crippen molar-refractivity contribution in [2.75, 3.05) is 6.61 Å². The van der Waals surface area contributed by atoms with Crippen LogP contribution in [-0.2, 0) is 4.74 Å². The van der Waals surface area contributed by atoms with Crippen molar-refractivity contribution in [2.45, 2.75) is 52.7 Å². The lowest BCUT2D eigenvalue weighted by Crippen LogP contribution is -2.38. The van der Waals surface area contributed by atoms with E-state index < -0.39 is 0 Å². The van der Waals surface area contributed by atoms with Gasteiger partial charge in [0, 0.05) is 11.5 Å². The zero-order valence-corrected chi connectivity index (χ0v) is 16.6. The molecule has 0 spiro atoms. The number of rotatable bonds is 5. The molecule has 1 aliphatic heterocycles. The predicted molar refractivity (Wildman–Crippen MR) is 109 cm³/mol. The van der Waals surface area contributed by atoms with Crippen LogP contribution in [0, 0.1) is 6.92 Å². The fourth-order valence-corrected chi connectivity index (χ4v) is 4.03. The number of thiophene rings is 1. The lowest BCUT2D eigenvalue weighted by Gasteiger charge is -2.23. The summed E-state index contributed by atoms with van der Waals surface area (Å²) in [4.78, 5) is 14.8. The molecule has 1 aromatic heterocycles. The SMILES string of the molecule is CC/C(C)=C/c1cc(-c2ccc(C)cc2)sc1C(=O)NC1CCCCO1. The first-order chi connectivity index (χ1) is 12.6. The van der Waals surface area contributed by atoms with E-state index in [-0.39, 0.29) is 12.1 Å². The van der Waals surface area contributed by atoms with Crippen LogP contribution in [0.1, 0.15) is 60.3 Å². The van der Waals surface area contributed by atoms with Crippen LogP contribution in [0.5, 0.6) is 0 Å². The van der Waals surface area contributed by atoms with E-state index in [0.29, 0.717) is 0 Å². The fraction of sp³-hybridized carbons (Fsp3) is 0.409. The molecule has 1 saturated heterocycles. The highest BCUT2D eigenvalue weighted by Crippen LogP contribution is 2.33. The van der Waals surface area contributed by atoms with Gasteiger partial charge >= 0.3 is 0 Å². The lowest BCUT2D eigenvalue weighted by atomic mass is 10.1. The summed E-state index contributed by atoms with van der Waals surface area (Å²) in [7, 11) is 0. The molecular weight excluding hydrogens is 342 g/mol. The molecule has 4 heteroatoms. The molecule has 3 nitrogen and oxygen atoms in total. The molecule has 1 fully saturated rings. The van der Waals surface area contributed by atoms with Crippen LogP contribution in [0.15, 0.2) is 35.9 Å². The topological polar surface area (TPSA) is 38.3 Å². The smallest absolute Gasteiger partial charge is 0.263 e. The zero-order valence-electron chi connectivity index (χ0n) is 15.8. The van der Waals surface area contributed by atoms with Gasteiger partial charge in [0.1, 0.15) is 6.23 Å². The molecule has 0 saturated carbocycles. The van der Waals surface area contributed by atoms with Crippen LogP contribution in [0.2, 0.25) is 0 Å². The molecule has 0 aliphatic carbocycles. The Kier molecular flexibility index (Phi) is 6.28. The normalized spacial score (nSPS) is 18.0. The summed E-state index contributed by atoms with van der Waals surface area (Å²) in [5.41, 5.74) is 4.65. The van der Waals surface area contributed by atoms with Crippen LogP contribution < -0.4 is 5.32 Å². The number of aryl methyl sites for hydroxylation is 1. The van der Waals surface area contributed by atoms with E-state index in [0.717, 1.165) is 53.2 Å². The molecule has 1 unspecified atom stereocenters. The standard InChI is InChI=1S/C22H27NO2S/c1-4-15(2)13-18-14-19(17-10-8-16(3)9-11-17)26-21(18)22(24)23-20-7-5-6-12-25-20/h8-11,13-14,20H,4-7,12H2,1-3H3,(H,23,24)/b15-13+. The van der Waals surface area contributed by atoms with E-state index in [1.807, 2.05) is 0 Å². The molecule has 1 atom stereocenters. The molecular formula is C22H27NO2S. The molecule has 3 rings (SSSR count). The molecule has 1 amide bonds. The summed E-state index contributed by atoms with van der Waals surface area (Å²) < 4.78 is 5.67. The third-order valence-electron chi connectivity index (χ3n) is 4.73. The average Bonchev–Trinajstić information content (AvgIpc) is 3.07. The second-order valence-electron chi connectivity index (χ2n) is 6.93. The van der Waals surface area contributed by atoms with E-state index in [1.54, 1.807) is 11.3 Å². The first kappa shape index (κ1) is 18.9.